The third kappa shape index (κ3) is 3.16. The standard InChI is InChI=1S/C34H25N2P/c1-3-13-25(4-2)37-35(24-14-6-5-7-15-24)32-20-10-11-21-33(32)36(37)31-23-22-29-27-17-9-8-16-26(27)28-18-12-19-30(31)34(28)29/h3-23H,1-2H2/b25-13+. The summed E-state index contributed by atoms with van der Waals surface area (Å²) in [5.41, 5.74) is 10.0. The molecule has 0 amide bonds. The van der Waals surface area contributed by atoms with Crippen LogP contribution in [-0.2, 0) is 0 Å². The first-order valence-electron chi connectivity index (χ1n) is 12.5. The maximum atomic E-state index is 4.22. The largest absolute Gasteiger partial charge is 0.297 e. The van der Waals surface area contributed by atoms with Gasteiger partial charge in [-0.05, 0) is 58.0 Å². The van der Waals surface area contributed by atoms with Crippen LogP contribution in [0.15, 0.2) is 146 Å². The molecule has 3 heteroatoms. The topological polar surface area (TPSA) is 6.48 Å². The van der Waals surface area contributed by atoms with Crippen LogP contribution in [0.25, 0.3) is 33.0 Å². The van der Waals surface area contributed by atoms with Crippen LogP contribution < -0.4 is 9.34 Å². The van der Waals surface area contributed by atoms with Gasteiger partial charge in [0.05, 0.1) is 17.1 Å². The van der Waals surface area contributed by atoms with Crippen molar-refractivity contribution in [3.8, 4) is 22.3 Å². The molecule has 1 unspecified atom stereocenters. The molecule has 0 radical (unpaired) electrons. The SMILES string of the molecule is C=C/C=C(\C=C)P1N(c2ccccc2)c2ccccc2N1c1ccc2c3c(cccc13)-c1ccccc1-2. The van der Waals surface area contributed by atoms with E-state index in [1.165, 1.54) is 55.8 Å². The summed E-state index contributed by atoms with van der Waals surface area (Å²) >= 11 is 0. The molecular weight excluding hydrogens is 467 g/mol. The normalized spacial score (nSPS) is 15.6. The maximum Gasteiger partial charge on any atom is 0.138 e. The van der Waals surface area contributed by atoms with Gasteiger partial charge in [0.25, 0.3) is 0 Å². The zero-order valence-corrected chi connectivity index (χ0v) is 21.3. The number of benzene rings is 5. The second kappa shape index (κ2) is 8.62. The number of anilines is 4. The molecule has 5 aromatic carbocycles. The second-order valence-electron chi connectivity index (χ2n) is 9.17. The van der Waals surface area contributed by atoms with Gasteiger partial charge in [-0.15, -0.1) is 0 Å². The molecule has 176 valence electrons. The Hall–Kier alpha value is -4.39. The highest BCUT2D eigenvalue weighted by Crippen LogP contribution is 2.70. The van der Waals surface area contributed by atoms with Crippen LogP contribution in [0, 0.1) is 0 Å². The van der Waals surface area contributed by atoms with E-state index < -0.39 is 8.22 Å². The third-order valence-corrected chi connectivity index (χ3v) is 9.63. The van der Waals surface area contributed by atoms with Crippen LogP contribution in [0.3, 0.4) is 0 Å². The molecule has 0 spiro atoms. The van der Waals surface area contributed by atoms with Gasteiger partial charge in [-0.1, -0.05) is 110 Å². The Morgan fingerprint density at radius 1 is 0.568 bits per heavy atom. The van der Waals surface area contributed by atoms with E-state index in [1.54, 1.807) is 0 Å². The Balaban J connectivity index is 1.53. The second-order valence-corrected chi connectivity index (χ2v) is 11.1. The fourth-order valence-corrected chi connectivity index (χ4v) is 8.23. The average molecular weight is 493 g/mol. The zero-order valence-electron chi connectivity index (χ0n) is 20.4. The van der Waals surface area contributed by atoms with Gasteiger partial charge in [-0.2, -0.15) is 0 Å². The highest BCUT2D eigenvalue weighted by molar-refractivity contribution is 7.67. The van der Waals surface area contributed by atoms with E-state index in [0.717, 1.165) is 5.31 Å². The van der Waals surface area contributed by atoms with Gasteiger partial charge in [0.15, 0.2) is 0 Å². The fourth-order valence-electron chi connectivity index (χ4n) is 5.71. The van der Waals surface area contributed by atoms with Crippen LogP contribution in [0.5, 0.6) is 0 Å². The maximum absolute atomic E-state index is 4.22. The summed E-state index contributed by atoms with van der Waals surface area (Å²) in [6.07, 6.45) is 5.95. The van der Waals surface area contributed by atoms with Gasteiger partial charge in [0.2, 0.25) is 0 Å². The Kier molecular flexibility index (Phi) is 5.09. The van der Waals surface area contributed by atoms with Crippen molar-refractivity contribution in [3.05, 3.63) is 146 Å². The molecule has 2 aliphatic rings. The number of hydrogen-bond donors (Lipinski definition) is 0. The minimum atomic E-state index is -1.01. The smallest absolute Gasteiger partial charge is 0.138 e. The summed E-state index contributed by atoms with van der Waals surface area (Å²) < 4.78 is 5.00. The summed E-state index contributed by atoms with van der Waals surface area (Å²) in [5.74, 6) is 0. The molecule has 0 N–H and O–H groups in total. The van der Waals surface area contributed by atoms with Crippen LogP contribution in [-0.4, -0.2) is 0 Å². The molecule has 37 heavy (non-hydrogen) atoms. The molecule has 5 aromatic rings. The van der Waals surface area contributed by atoms with E-state index in [1.807, 2.05) is 12.2 Å². The number of rotatable bonds is 5. The molecule has 0 bridgehead atoms. The first kappa shape index (κ1) is 21.9. The van der Waals surface area contributed by atoms with Crippen molar-refractivity contribution in [3.63, 3.8) is 0 Å². The van der Waals surface area contributed by atoms with Gasteiger partial charge < -0.3 is 0 Å². The molecule has 2 nitrogen and oxygen atoms in total. The summed E-state index contributed by atoms with van der Waals surface area (Å²) in [6, 6.07) is 39.5. The zero-order chi connectivity index (χ0) is 24.9. The van der Waals surface area contributed by atoms with Crippen LogP contribution in [0.1, 0.15) is 0 Å². The van der Waals surface area contributed by atoms with Crippen molar-refractivity contribution in [2.24, 2.45) is 0 Å². The van der Waals surface area contributed by atoms with Gasteiger partial charge in [-0.25, -0.2) is 0 Å². The minimum Gasteiger partial charge on any atom is -0.297 e. The molecule has 0 saturated carbocycles. The lowest BCUT2D eigenvalue weighted by Crippen LogP contribution is -2.15. The van der Waals surface area contributed by atoms with Gasteiger partial charge >= 0.3 is 0 Å². The first-order valence-corrected chi connectivity index (χ1v) is 13.7. The molecule has 0 saturated heterocycles. The third-order valence-electron chi connectivity index (χ3n) is 7.20. The van der Waals surface area contributed by atoms with Crippen LogP contribution in [0.4, 0.5) is 22.7 Å². The quantitative estimate of drug-likeness (QED) is 0.174. The van der Waals surface area contributed by atoms with Crippen molar-refractivity contribution < 1.29 is 0 Å². The molecule has 1 aliphatic carbocycles. The Morgan fingerprint density at radius 3 is 1.89 bits per heavy atom. The van der Waals surface area contributed by atoms with Crippen molar-refractivity contribution >= 4 is 41.7 Å². The monoisotopic (exact) mass is 492 g/mol. The predicted octanol–water partition coefficient (Wildman–Crippen LogP) is 10.3. The van der Waals surface area contributed by atoms with E-state index in [4.69, 9.17) is 0 Å². The first-order chi connectivity index (χ1) is 18.3. The Morgan fingerprint density at radius 2 is 1.19 bits per heavy atom. The van der Waals surface area contributed by atoms with Gasteiger partial charge in [-0.3, -0.25) is 9.34 Å². The Labute approximate surface area is 219 Å². The molecule has 0 aromatic heterocycles. The fraction of sp³-hybridized carbons (Fsp3) is 0. The molecule has 0 fully saturated rings. The highest BCUT2D eigenvalue weighted by Gasteiger charge is 2.40. The molecule has 1 aliphatic heterocycles. The molecule has 1 heterocycles. The number of fused-ring (bicyclic) bond motifs is 4. The van der Waals surface area contributed by atoms with Gasteiger partial charge in [0, 0.05) is 16.4 Å². The number of hydrogen-bond acceptors (Lipinski definition) is 2. The predicted molar refractivity (Wildman–Crippen MR) is 161 cm³/mol. The van der Waals surface area contributed by atoms with Crippen LogP contribution in [0.2, 0.25) is 0 Å². The molecular formula is C34H25N2P. The van der Waals surface area contributed by atoms with Crippen molar-refractivity contribution in [2.45, 2.75) is 0 Å². The van der Waals surface area contributed by atoms with Crippen molar-refractivity contribution in [1.29, 1.82) is 0 Å². The molecule has 7 rings (SSSR count). The van der Waals surface area contributed by atoms with Crippen molar-refractivity contribution in [1.82, 2.24) is 0 Å². The minimum absolute atomic E-state index is 1.01. The number of para-hydroxylation sites is 3. The summed E-state index contributed by atoms with van der Waals surface area (Å²) in [5, 5.41) is 3.75. The van der Waals surface area contributed by atoms with E-state index >= 15 is 0 Å². The lowest BCUT2D eigenvalue weighted by atomic mass is 10.0. The number of nitrogens with zero attached hydrogens (tertiary/aromatic N) is 2. The van der Waals surface area contributed by atoms with E-state index in [9.17, 15) is 0 Å². The lowest BCUT2D eigenvalue weighted by Gasteiger charge is -2.34. The highest BCUT2D eigenvalue weighted by atomic mass is 31.1. The summed E-state index contributed by atoms with van der Waals surface area (Å²) in [7, 11) is -1.01. The van der Waals surface area contributed by atoms with Crippen molar-refractivity contribution in [2.75, 3.05) is 9.34 Å². The number of allylic oxidation sites excluding steroid dienone is 4. The van der Waals surface area contributed by atoms with E-state index in [2.05, 4.69) is 138 Å². The molecule has 1 atom stereocenters. The lowest BCUT2D eigenvalue weighted by molar-refractivity contribution is 1.44. The van der Waals surface area contributed by atoms with Gasteiger partial charge in [0.1, 0.15) is 8.22 Å². The Bertz CT molecular complexity index is 1710. The summed E-state index contributed by atoms with van der Waals surface area (Å²) in [4.78, 5) is 0. The van der Waals surface area contributed by atoms with Crippen LogP contribution >= 0.6 is 8.22 Å². The van der Waals surface area contributed by atoms with E-state index in [-0.39, 0.29) is 0 Å². The summed E-state index contributed by atoms with van der Waals surface area (Å²) in [6.45, 7) is 8.24. The van der Waals surface area contributed by atoms with E-state index in [0.29, 0.717) is 0 Å². The average Bonchev–Trinajstić information content (AvgIpc) is 3.47.